The summed E-state index contributed by atoms with van der Waals surface area (Å²) < 4.78 is 5.72. The first kappa shape index (κ1) is 15.5. The maximum Gasteiger partial charge on any atom is 0.337 e. The van der Waals surface area contributed by atoms with Crippen LogP contribution in [0.2, 0.25) is 0 Å². The number of rotatable bonds is 5. The highest BCUT2D eigenvalue weighted by Gasteiger charge is 2.22. The van der Waals surface area contributed by atoms with Gasteiger partial charge >= 0.3 is 5.97 Å². The Morgan fingerprint density at radius 3 is 2.95 bits per heavy atom. The van der Waals surface area contributed by atoms with E-state index in [0.29, 0.717) is 5.56 Å². The van der Waals surface area contributed by atoms with Gasteiger partial charge in [0.25, 0.3) is 0 Å². The number of halogens is 1. The quantitative estimate of drug-likeness (QED) is 0.763. The first-order chi connectivity index (χ1) is 9.63. The molecule has 0 aliphatic carbocycles. The van der Waals surface area contributed by atoms with Crippen molar-refractivity contribution in [3.05, 3.63) is 33.8 Å². The molecule has 0 N–H and O–H groups in total. The number of carbonyl (C=O) groups excluding carboxylic acids is 1. The van der Waals surface area contributed by atoms with Crippen LogP contribution >= 0.6 is 15.9 Å². The second kappa shape index (κ2) is 7.23. The Hall–Kier alpha value is -0.870. The summed E-state index contributed by atoms with van der Waals surface area (Å²) in [6, 6.07) is 5.70. The van der Waals surface area contributed by atoms with Crippen molar-refractivity contribution in [1.29, 1.82) is 0 Å². The molecule has 1 aliphatic rings. The molecule has 0 aromatic heterocycles. The molecule has 1 aromatic rings. The summed E-state index contributed by atoms with van der Waals surface area (Å²) in [5, 5.41) is 0. The number of esters is 1. The number of methoxy groups -OCH3 is 1. The zero-order chi connectivity index (χ0) is 14.5. The minimum atomic E-state index is -0.290. The Balaban J connectivity index is 1.98. The van der Waals surface area contributed by atoms with Crippen molar-refractivity contribution < 1.29 is 9.53 Å². The van der Waals surface area contributed by atoms with Gasteiger partial charge in [-0.3, -0.25) is 4.90 Å². The summed E-state index contributed by atoms with van der Waals surface area (Å²) in [7, 11) is 1.41. The molecule has 0 amide bonds. The second-order valence-corrected chi connectivity index (χ2v) is 6.33. The molecule has 3 nitrogen and oxygen atoms in total. The van der Waals surface area contributed by atoms with E-state index in [4.69, 9.17) is 4.74 Å². The van der Waals surface area contributed by atoms with E-state index >= 15 is 0 Å². The summed E-state index contributed by atoms with van der Waals surface area (Å²) in [6.45, 7) is 5.57. The summed E-state index contributed by atoms with van der Waals surface area (Å²) in [4.78, 5) is 14.0. The lowest BCUT2D eigenvalue weighted by Gasteiger charge is -2.17. The van der Waals surface area contributed by atoms with Gasteiger partial charge in [0.15, 0.2) is 0 Å². The van der Waals surface area contributed by atoms with E-state index in [0.717, 1.165) is 16.9 Å². The number of hydrogen-bond acceptors (Lipinski definition) is 3. The Kier molecular flexibility index (Phi) is 5.61. The van der Waals surface area contributed by atoms with Crippen molar-refractivity contribution in [2.24, 2.45) is 5.92 Å². The second-order valence-electron chi connectivity index (χ2n) is 5.48. The molecular weight excluding hydrogens is 318 g/mol. The highest BCUT2D eigenvalue weighted by Crippen LogP contribution is 2.26. The van der Waals surface area contributed by atoms with Crippen molar-refractivity contribution in [3.8, 4) is 0 Å². The van der Waals surface area contributed by atoms with Crippen LogP contribution in [0.15, 0.2) is 22.7 Å². The van der Waals surface area contributed by atoms with E-state index in [2.05, 4.69) is 27.8 Å². The van der Waals surface area contributed by atoms with Crippen LogP contribution in [0.25, 0.3) is 0 Å². The number of ether oxygens (including phenoxy) is 1. The van der Waals surface area contributed by atoms with Crippen LogP contribution in [-0.2, 0) is 11.3 Å². The Bertz CT molecular complexity index is 476. The maximum absolute atomic E-state index is 11.5. The topological polar surface area (TPSA) is 29.5 Å². The molecular formula is C16H22BrNO2. The predicted molar refractivity (Wildman–Crippen MR) is 83.8 cm³/mol. The molecule has 1 unspecified atom stereocenters. The molecule has 1 saturated heterocycles. The van der Waals surface area contributed by atoms with Crippen LogP contribution in [0.4, 0.5) is 0 Å². The minimum Gasteiger partial charge on any atom is -0.465 e. The number of hydrogen-bond donors (Lipinski definition) is 0. The summed E-state index contributed by atoms with van der Waals surface area (Å²) in [6.07, 6.45) is 3.92. The number of likely N-dealkylation sites (tertiary alicyclic amines) is 1. The highest BCUT2D eigenvalue weighted by atomic mass is 79.9. The number of nitrogens with zero attached hydrogens (tertiary/aromatic N) is 1. The van der Waals surface area contributed by atoms with Crippen LogP contribution in [0.5, 0.6) is 0 Å². The molecule has 0 saturated carbocycles. The van der Waals surface area contributed by atoms with Crippen molar-refractivity contribution >= 4 is 21.9 Å². The molecule has 0 spiro atoms. The van der Waals surface area contributed by atoms with Gasteiger partial charge in [0.2, 0.25) is 0 Å². The SMILES string of the molecule is CCCC1CCN(Cc2ccc(C(=O)OC)cc2Br)C1. The van der Waals surface area contributed by atoms with Crippen LogP contribution in [0.3, 0.4) is 0 Å². The van der Waals surface area contributed by atoms with Gasteiger partial charge in [-0.25, -0.2) is 4.79 Å². The molecule has 1 heterocycles. The van der Waals surface area contributed by atoms with Crippen molar-refractivity contribution in [3.63, 3.8) is 0 Å². The molecule has 110 valence electrons. The van der Waals surface area contributed by atoms with E-state index in [9.17, 15) is 4.79 Å². The van der Waals surface area contributed by atoms with Crippen molar-refractivity contribution in [2.75, 3.05) is 20.2 Å². The monoisotopic (exact) mass is 339 g/mol. The zero-order valence-corrected chi connectivity index (χ0v) is 13.8. The molecule has 1 aliphatic heterocycles. The van der Waals surface area contributed by atoms with Gasteiger partial charge in [0, 0.05) is 17.6 Å². The van der Waals surface area contributed by atoms with Gasteiger partial charge in [-0.05, 0) is 43.0 Å². The van der Waals surface area contributed by atoms with Crippen LogP contribution in [0, 0.1) is 5.92 Å². The molecule has 0 radical (unpaired) electrons. The molecule has 4 heteroatoms. The molecule has 1 aromatic carbocycles. The molecule has 2 rings (SSSR count). The fourth-order valence-corrected chi connectivity index (χ4v) is 3.37. The van der Waals surface area contributed by atoms with Crippen molar-refractivity contribution in [2.45, 2.75) is 32.7 Å². The number of carbonyl (C=O) groups is 1. The zero-order valence-electron chi connectivity index (χ0n) is 12.2. The van der Waals surface area contributed by atoms with Crippen LogP contribution < -0.4 is 0 Å². The standard InChI is InChI=1S/C16H22BrNO2/c1-3-4-12-7-8-18(10-12)11-14-6-5-13(9-15(14)17)16(19)20-2/h5-6,9,12H,3-4,7-8,10-11H2,1-2H3. The first-order valence-electron chi connectivity index (χ1n) is 7.23. The summed E-state index contributed by atoms with van der Waals surface area (Å²) in [5.74, 6) is 0.564. The van der Waals surface area contributed by atoms with Gasteiger partial charge in [0.05, 0.1) is 12.7 Å². The van der Waals surface area contributed by atoms with Gasteiger partial charge < -0.3 is 4.74 Å². The van der Waals surface area contributed by atoms with E-state index in [1.54, 1.807) is 0 Å². The molecule has 20 heavy (non-hydrogen) atoms. The lowest BCUT2D eigenvalue weighted by molar-refractivity contribution is 0.0600. The maximum atomic E-state index is 11.5. The summed E-state index contributed by atoms with van der Waals surface area (Å²) in [5.41, 5.74) is 1.82. The smallest absolute Gasteiger partial charge is 0.337 e. The highest BCUT2D eigenvalue weighted by molar-refractivity contribution is 9.10. The Morgan fingerprint density at radius 2 is 2.30 bits per heavy atom. The third-order valence-corrected chi connectivity index (χ3v) is 4.67. The van der Waals surface area contributed by atoms with Gasteiger partial charge in [-0.1, -0.05) is 35.3 Å². The van der Waals surface area contributed by atoms with E-state index < -0.39 is 0 Å². The third kappa shape index (κ3) is 3.83. The third-order valence-electron chi connectivity index (χ3n) is 3.94. The number of benzene rings is 1. The van der Waals surface area contributed by atoms with Crippen LogP contribution in [0.1, 0.15) is 42.1 Å². The van der Waals surface area contributed by atoms with E-state index in [1.165, 1.54) is 45.0 Å². The molecule has 1 fully saturated rings. The first-order valence-corrected chi connectivity index (χ1v) is 8.02. The lowest BCUT2D eigenvalue weighted by Crippen LogP contribution is -2.20. The Morgan fingerprint density at radius 1 is 1.50 bits per heavy atom. The lowest BCUT2D eigenvalue weighted by atomic mass is 10.0. The average Bonchev–Trinajstić information content (AvgIpc) is 2.88. The van der Waals surface area contributed by atoms with Crippen LogP contribution in [-0.4, -0.2) is 31.1 Å². The predicted octanol–water partition coefficient (Wildman–Crippen LogP) is 3.86. The van der Waals surface area contributed by atoms with Gasteiger partial charge in [0.1, 0.15) is 0 Å². The summed E-state index contributed by atoms with van der Waals surface area (Å²) >= 11 is 3.56. The fourth-order valence-electron chi connectivity index (χ4n) is 2.86. The van der Waals surface area contributed by atoms with Gasteiger partial charge in [-0.2, -0.15) is 0 Å². The largest absolute Gasteiger partial charge is 0.465 e. The van der Waals surface area contributed by atoms with Crippen molar-refractivity contribution in [1.82, 2.24) is 4.90 Å². The van der Waals surface area contributed by atoms with E-state index in [1.807, 2.05) is 18.2 Å². The van der Waals surface area contributed by atoms with E-state index in [-0.39, 0.29) is 5.97 Å². The molecule has 1 atom stereocenters. The normalized spacial score (nSPS) is 19.2. The fraction of sp³-hybridized carbons (Fsp3) is 0.562. The Labute approximate surface area is 129 Å². The average molecular weight is 340 g/mol. The molecule has 0 bridgehead atoms. The van der Waals surface area contributed by atoms with Gasteiger partial charge in [-0.15, -0.1) is 0 Å². The minimum absolute atomic E-state index is 0.290.